The van der Waals surface area contributed by atoms with Crippen LogP contribution in [-0.2, 0) is 0 Å². The number of pyridine rings is 1. The first kappa shape index (κ1) is 15.7. The van der Waals surface area contributed by atoms with Gasteiger partial charge in [0.1, 0.15) is 0 Å². The van der Waals surface area contributed by atoms with Crippen LogP contribution in [0.15, 0.2) is 29.8 Å². The van der Waals surface area contributed by atoms with E-state index in [1.807, 2.05) is 42.1 Å². The molecule has 0 aromatic carbocycles. The lowest BCUT2D eigenvalue weighted by Gasteiger charge is -2.14. The molecule has 120 valence electrons. The number of nitrogens with zero attached hydrogens (tertiary/aromatic N) is 3. The highest BCUT2D eigenvalue weighted by Crippen LogP contribution is 2.21. The van der Waals surface area contributed by atoms with Crippen LogP contribution in [0.1, 0.15) is 53.8 Å². The number of carbonyl (C=O) groups excluding carboxylic acids is 1. The van der Waals surface area contributed by atoms with Crippen molar-refractivity contribution in [2.24, 2.45) is 0 Å². The zero-order valence-corrected chi connectivity index (χ0v) is 14.5. The maximum atomic E-state index is 12.6. The smallest absolute Gasteiger partial charge is 0.253 e. The highest BCUT2D eigenvalue weighted by molar-refractivity contribution is 7.10. The van der Waals surface area contributed by atoms with Gasteiger partial charge in [-0.3, -0.25) is 4.79 Å². The minimum Gasteiger partial charge on any atom is -0.345 e. The predicted octanol–water partition coefficient (Wildman–Crippen LogP) is 3.87. The van der Waals surface area contributed by atoms with Crippen molar-refractivity contribution in [2.75, 3.05) is 0 Å². The minimum absolute atomic E-state index is 0.0176. The molecule has 0 spiro atoms. The number of rotatable bonds is 4. The number of carbonyl (C=O) groups is 1. The van der Waals surface area contributed by atoms with E-state index in [1.165, 1.54) is 0 Å². The van der Waals surface area contributed by atoms with Crippen LogP contribution in [0.4, 0.5) is 0 Å². The highest BCUT2D eigenvalue weighted by atomic mass is 32.1. The van der Waals surface area contributed by atoms with Crippen molar-refractivity contribution >= 4 is 28.3 Å². The quantitative estimate of drug-likeness (QED) is 0.791. The number of hydrogen-bond donors (Lipinski definition) is 1. The molecule has 3 rings (SSSR count). The third kappa shape index (κ3) is 2.99. The number of fused-ring (bicyclic) bond motifs is 1. The van der Waals surface area contributed by atoms with Crippen LogP contribution in [0.2, 0.25) is 0 Å². The van der Waals surface area contributed by atoms with Gasteiger partial charge in [0.15, 0.2) is 5.65 Å². The summed E-state index contributed by atoms with van der Waals surface area (Å²) in [5.41, 5.74) is 2.14. The summed E-state index contributed by atoms with van der Waals surface area (Å²) in [6.07, 6.45) is 1.77. The summed E-state index contributed by atoms with van der Waals surface area (Å²) >= 11 is 1.64. The molecular weight excluding hydrogens is 308 g/mol. The number of aromatic nitrogens is 3. The average Bonchev–Trinajstić information content (AvgIpc) is 3.15. The molecule has 0 unspecified atom stereocenters. The Bertz CT molecular complexity index is 836. The van der Waals surface area contributed by atoms with E-state index in [0.29, 0.717) is 5.56 Å². The summed E-state index contributed by atoms with van der Waals surface area (Å²) < 4.78 is 1.87. The largest absolute Gasteiger partial charge is 0.345 e. The van der Waals surface area contributed by atoms with Gasteiger partial charge < -0.3 is 5.32 Å². The molecule has 1 amide bonds. The van der Waals surface area contributed by atoms with Crippen LogP contribution >= 0.6 is 11.3 Å². The van der Waals surface area contributed by atoms with E-state index in [4.69, 9.17) is 0 Å². The molecule has 0 aliphatic carbocycles. The van der Waals surface area contributed by atoms with Crippen molar-refractivity contribution in [3.63, 3.8) is 0 Å². The number of aryl methyl sites for hydroxylation is 1. The predicted molar refractivity (Wildman–Crippen MR) is 92.9 cm³/mol. The number of hydrogen-bond acceptors (Lipinski definition) is 4. The van der Waals surface area contributed by atoms with Crippen molar-refractivity contribution in [3.05, 3.63) is 45.9 Å². The summed E-state index contributed by atoms with van der Waals surface area (Å²) in [4.78, 5) is 18.3. The van der Waals surface area contributed by atoms with Gasteiger partial charge in [-0.05, 0) is 45.2 Å². The second-order valence-corrected chi connectivity index (χ2v) is 6.91. The van der Waals surface area contributed by atoms with Crippen molar-refractivity contribution in [2.45, 2.75) is 39.8 Å². The fraction of sp³-hybridized carbons (Fsp3) is 0.353. The Morgan fingerprint density at radius 3 is 2.78 bits per heavy atom. The van der Waals surface area contributed by atoms with Crippen LogP contribution in [0.25, 0.3) is 11.0 Å². The lowest BCUT2D eigenvalue weighted by Crippen LogP contribution is -2.27. The van der Waals surface area contributed by atoms with E-state index < -0.39 is 0 Å². The van der Waals surface area contributed by atoms with Crippen LogP contribution in [0.5, 0.6) is 0 Å². The second kappa shape index (κ2) is 6.12. The monoisotopic (exact) mass is 328 g/mol. The van der Waals surface area contributed by atoms with E-state index in [-0.39, 0.29) is 18.0 Å². The highest BCUT2D eigenvalue weighted by Gasteiger charge is 2.17. The summed E-state index contributed by atoms with van der Waals surface area (Å²) in [6.45, 7) is 7.98. The van der Waals surface area contributed by atoms with E-state index in [0.717, 1.165) is 21.6 Å². The molecule has 3 aromatic rings. The van der Waals surface area contributed by atoms with Gasteiger partial charge in [0.25, 0.3) is 5.91 Å². The van der Waals surface area contributed by atoms with Gasteiger partial charge in [-0.1, -0.05) is 6.07 Å². The zero-order valence-electron chi connectivity index (χ0n) is 13.7. The molecule has 23 heavy (non-hydrogen) atoms. The molecule has 3 aromatic heterocycles. The molecule has 1 atom stereocenters. The molecule has 6 heteroatoms. The molecule has 5 nitrogen and oxygen atoms in total. The minimum atomic E-state index is -0.102. The van der Waals surface area contributed by atoms with Crippen LogP contribution in [-0.4, -0.2) is 20.7 Å². The number of nitrogens with one attached hydrogen (secondary N) is 1. The fourth-order valence-corrected chi connectivity index (χ4v) is 3.29. The number of amides is 1. The Kier molecular flexibility index (Phi) is 4.17. The topological polar surface area (TPSA) is 59.8 Å². The van der Waals surface area contributed by atoms with Crippen molar-refractivity contribution < 1.29 is 4.79 Å². The van der Waals surface area contributed by atoms with E-state index >= 15 is 0 Å². The molecule has 0 aliphatic heterocycles. The van der Waals surface area contributed by atoms with Gasteiger partial charge in [-0.15, -0.1) is 11.3 Å². The molecule has 0 radical (unpaired) electrons. The average molecular weight is 328 g/mol. The third-order valence-corrected chi connectivity index (χ3v) is 4.87. The standard InChI is InChI=1S/C17H20N4OS/c1-10(2)21-16-13(9-18-21)8-14(11(3)19-16)17(22)20-12(4)15-6-5-7-23-15/h5-10,12H,1-4H3,(H,20,22)/t12-/m0/s1. The Balaban J connectivity index is 1.90. The lowest BCUT2D eigenvalue weighted by atomic mass is 10.1. The first-order valence-corrected chi connectivity index (χ1v) is 8.54. The molecule has 0 saturated heterocycles. The van der Waals surface area contributed by atoms with E-state index in [9.17, 15) is 4.79 Å². The number of thiophene rings is 1. The van der Waals surface area contributed by atoms with E-state index in [2.05, 4.69) is 29.2 Å². The Labute approximate surface area is 139 Å². The summed E-state index contributed by atoms with van der Waals surface area (Å²) in [6, 6.07) is 6.10. The molecule has 3 heterocycles. The first-order chi connectivity index (χ1) is 11.0. The second-order valence-electron chi connectivity index (χ2n) is 5.93. The van der Waals surface area contributed by atoms with Gasteiger partial charge in [0.05, 0.1) is 23.5 Å². The summed E-state index contributed by atoms with van der Waals surface area (Å²) in [5, 5.41) is 10.3. The molecule has 1 N–H and O–H groups in total. The fourth-order valence-electron chi connectivity index (χ4n) is 2.56. The maximum absolute atomic E-state index is 12.6. The maximum Gasteiger partial charge on any atom is 0.253 e. The van der Waals surface area contributed by atoms with Crippen molar-refractivity contribution in [3.8, 4) is 0 Å². The van der Waals surface area contributed by atoms with Gasteiger partial charge >= 0.3 is 0 Å². The Morgan fingerprint density at radius 2 is 2.13 bits per heavy atom. The molecule has 0 bridgehead atoms. The Hall–Kier alpha value is -2.21. The van der Waals surface area contributed by atoms with Crippen LogP contribution in [0.3, 0.4) is 0 Å². The SMILES string of the molecule is Cc1nc2c(cnn2C(C)C)cc1C(=O)N[C@@H](C)c1cccs1. The Morgan fingerprint density at radius 1 is 1.35 bits per heavy atom. The zero-order chi connectivity index (χ0) is 16.6. The van der Waals surface area contributed by atoms with Crippen molar-refractivity contribution in [1.29, 1.82) is 0 Å². The van der Waals surface area contributed by atoms with E-state index in [1.54, 1.807) is 17.5 Å². The van der Waals surface area contributed by atoms with Gasteiger partial charge in [0, 0.05) is 16.3 Å². The van der Waals surface area contributed by atoms with Gasteiger partial charge in [-0.2, -0.15) is 5.10 Å². The summed E-state index contributed by atoms with van der Waals surface area (Å²) in [7, 11) is 0. The molecule has 0 saturated carbocycles. The van der Waals surface area contributed by atoms with Crippen LogP contribution < -0.4 is 5.32 Å². The van der Waals surface area contributed by atoms with Gasteiger partial charge in [-0.25, -0.2) is 9.67 Å². The van der Waals surface area contributed by atoms with Crippen molar-refractivity contribution in [1.82, 2.24) is 20.1 Å². The summed E-state index contributed by atoms with van der Waals surface area (Å²) in [5.74, 6) is -0.102. The van der Waals surface area contributed by atoms with Gasteiger partial charge in [0.2, 0.25) is 0 Å². The molecular formula is C17H20N4OS. The normalized spacial score (nSPS) is 12.7. The third-order valence-electron chi connectivity index (χ3n) is 3.81. The molecule has 0 fully saturated rings. The first-order valence-electron chi connectivity index (χ1n) is 7.66. The van der Waals surface area contributed by atoms with Crippen LogP contribution in [0, 0.1) is 6.92 Å². The lowest BCUT2D eigenvalue weighted by molar-refractivity contribution is 0.0939. The molecule has 0 aliphatic rings.